The Morgan fingerprint density at radius 1 is 1.37 bits per heavy atom. The fourth-order valence-electron chi connectivity index (χ4n) is 2.32. The first kappa shape index (κ1) is 12.1. The fourth-order valence-corrected chi connectivity index (χ4v) is 2.32. The van der Waals surface area contributed by atoms with Gasteiger partial charge in [-0.3, -0.25) is 9.59 Å². The van der Waals surface area contributed by atoms with E-state index in [1.807, 2.05) is 0 Å². The van der Waals surface area contributed by atoms with Gasteiger partial charge in [0.1, 0.15) is 5.82 Å². The summed E-state index contributed by atoms with van der Waals surface area (Å²) >= 11 is 0. The third kappa shape index (κ3) is 2.59. The largest absolute Gasteiger partial charge is 0.353 e. The SMILES string of the molecule is O=C(NC1CC1)C1CC(=O)N(c2cccc(F)c2)C1. The monoisotopic (exact) mass is 262 g/mol. The lowest BCUT2D eigenvalue weighted by Gasteiger charge is -2.16. The van der Waals surface area contributed by atoms with Crippen LogP contribution in [-0.4, -0.2) is 24.4 Å². The topological polar surface area (TPSA) is 49.4 Å². The predicted molar refractivity (Wildman–Crippen MR) is 68.0 cm³/mol. The Labute approximate surface area is 110 Å². The quantitative estimate of drug-likeness (QED) is 0.896. The van der Waals surface area contributed by atoms with Gasteiger partial charge in [0.15, 0.2) is 0 Å². The molecular formula is C14H15FN2O2. The normalized spacial score (nSPS) is 22.7. The zero-order valence-corrected chi connectivity index (χ0v) is 10.4. The number of anilines is 1. The molecule has 1 N–H and O–H groups in total. The number of carbonyl (C=O) groups is 2. The first-order valence-electron chi connectivity index (χ1n) is 6.50. The van der Waals surface area contributed by atoms with Crippen LogP contribution in [0, 0.1) is 11.7 Å². The van der Waals surface area contributed by atoms with Crippen molar-refractivity contribution in [3.8, 4) is 0 Å². The minimum Gasteiger partial charge on any atom is -0.353 e. The van der Waals surface area contributed by atoms with E-state index in [-0.39, 0.29) is 30.0 Å². The van der Waals surface area contributed by atoms with Gasteiger partial charge in [-0.1, -0.05) is 6.07 Å². The smallest absolute Gasteiger partial charge is 0.227 e. The van der Waals surface area contributed by atoms with Crippen molar-refractivity contribution in [2.45, 2.75) is 25.3 Å². The van der Waals surface area contributed by atoms with Gasteiger partial charge in [-0.25, -0.2) is 4.39 Å². The van der Waals surface area contributed by atoms with Gasteiger partial charge >= 0.3 is 0 Å². The average Bonchev–Trinajstić information content (AvgIpc) is 3.09. The van der Waals surface area contributed by atoms with Gasteiger partial charge in [0.25, 0.3) is 0 Å². The zero-order chi connectivity index (χ0) is 13.4. The van der Waals surface area contributed by atoms with Crippen molar-refractivity contribution < 1.29 is 14.0 Å². The van der Waals surface area contributed by atoms with Crippen molar-refractivity contribution in [3.05, 3.63) is 30.1 Å². The molecule has 1 aliphatic carbocycles. The van der Waals surface area contributed by atoms with E-state index in [1.165, 1.54) is 17.0 Å². The minimum absolute atomic E-state index is 0.0604. The second-order valence-electron chi connectivity index (χ2n) is 5.17. The van der Waals surface area contributed by atoms with Crippen molar-refractivity contribution in [1.82, 2.24) is 5.32 Å². The van der Waals surface area contributed by atoms with Gasteiger partial charge in [-0.05, 0) is 31.0 Å². The Hall–Kier alpha value is -1.91. The van der Waals surface area contributed by atoms with E-state index in [0.717, 1.165) is 12.8 Å². The molecule has 1 aromatic rings. The Kier molecular flexibility index (Phi) is 2.97. The third-order valence-electron chi connectivity index (χ3n) is 3.54. The molecule has 0 aromatic heterocycles. The van der Waals surface area contributed by atoms with Gasteiger partial charge in [0.2, 0.25) is 11.8 Å². The van der Waals surface area contributed by atoms with Crippen LogP contribution in [-0.2, 0) is 9.59 Å². The molecule has 1 heterocycles. The lowest BCUT2D eigenvalue weighted by Crippen LogP contribution is -2.34. The van der Waals surface area contributed by atoms with Crippen LogP contribution in [0.3, 0.4) is 0 Å². The summed E-state index contributed by atoms with van der Waals surface area (Å²) in [5, 5.41) is 2.91. The molecule has 1 aromatic carbocycles. The maximum Gasteiger partial charge on any atom is 0.227 e. The van der Waals surface area contributed by atoms with Crippen LogP contribution in [0.1, 0.15) is 19.3 Å². The van der Waals surface area contributed by atoms with Crippen LogP contribution in [0.2, 0.25) is 0 Å². The summed E-state index contributed by atoms with van der Waals surface area (Å²) in [6.07, 6.45) is 2.26. The molecule has 1 saturated carbocycles. The summed E-state index contributed by atoms with van der Waals surface area (Å²) in [5.74, 6) is -0.885. The van der Waals surface area contributed by atoms with Crippen molar-refractivity contribution >= 4 is 17.5 Å². The van der Waals surface area contributed by atoms with Crippen LogP contribution in [0.15, 0.2) is 24.3 Å². The number of carbonyl (C=O) groups excluding carboxylic acids is 2. The molecule has 2 aliphatic rings. The van der Waals surface area contributed by atoms with Gasteiger partial charge < -0.3 is 10.2 Å². The predicted octanol–water partition coefficient (Wildman–Crippen LogP) is 1.46. The van der Waals surface area contributed by atoms with Crippen LogP contribution in [0.4, 0.5) is 10.1 Å². The van der Waals surface area contributed by atoms with Crippen molar-refractivity contribution in [1.29, 1.82) is 0 Å². The number of hydrogen-bond acceptors (Lipinski definition) is 2. The Morgan fingerprint density at radius 2 is 2.16 bits per heavy atom. The fraction of sp³-hybridized carbons (Fsp3) is 0.429. The Balaban J connectivity index is 1.70. The van der Waals surface area contributed by atoms with E-state index in [1.54, 1.807) is 12.1 Å². The van der Waals surface area contributed by atoms with Gasteiger partial charge in [-0.2, -0.15) is 0 Å². The molecule has 0 bridgehead atoms. The molecule has 0 radical (unpaired) electrons. The highest BCUT2D eigenvalue weighted by atomic mass is 19.1. The van der Waals surface area contributed by atoms with Crippen molar-refractivity contribution in [3.63, 3.8) is 0 Å². The number of nitrogens with zero attached hydrogens (tertiary/aromatic N) is 1. The Morgan fingerprint density at radius 3 is 2.84 bits per heavy atom. The summed E-state index contributed by atoms with van der Waals surface area (Å²) in [6, 6.07) is 6.20. The molecular weight excluding hydrogens is 247 g/mol. The number of amides is 2. The van der Waals surface area contributed by atoms with E-state index in [9.17, 15) is 14.0 Å². The van der Waals surface area contributed by atoms with E-state index in [4.69, 9.17) is 0 Å². The second kappa shape index (κ2) is 4.64. The maximum absolute atomic E-state index is 13.2. The number of nitrogens with one attached hydrogen (secondary N) is 1. The van der Waals surface area contributed by atoms with Gasteiger partial charge in [0.05, 0.1) is 5.92 Å². The van der Waals surface area contributed by atoms with E-state index in [0.29, 0.717) is 18.3 Å². The molecule has 19 heavy (non-hydrogen) atoms. The highest BCUT2D eigenvalue weighted by Gasteiger charge is 2.37. The van der Waals surface area contributed by atoms with Gasteiger partial charge in [-0.15, -0.1) is 0 Å². The molecule has 1 atom stereocenters. The summed E-state index contributed by atoms with van der Waals surface area (Å²) in [7, 11) is 0. The molecule has 0 spiro atoms. The van der Waals surface area contributed by atoms with Crippen LogP contribution in [0.25, 0.3) is 0 Å². The summed E-state index contributed by atoms with van der Waals surface area (Å²) in [4.78, 5) is 25.3. The average molecular weight is 262 g/mol. The third-order valence-corrected chi connectivity index (χ3v) is 3.54. The number of hydrogen-bond donors (Lipinski definition) is 1. The zero-order valence-electron chi connectivity index (χ0n) is 10.4. The van der Waals surface area contributed by atoms with E-state index < -0.39 is 0 Å². The van der Waals surface area contributed by atoms with Crippen LogP contribution < -0.4 is 10.2 Å². The standard InChI is InChI=1S/C14H15FN2O2/c15-10-2-1-3-12(7-10)17-8-9(6-13(17)18)14(19)16-11-4-5-11/h1-3,7,9,11H,4-6,8H2,(H,16,19). The molecule has 1 saturated heterocycles. The lowest BCUT2D eigenvalue weighted by molar-refractivity contribution is -0.126. The molecule has 100 valence electrons. The first-order chi connectivity index (χ1) is 9.13. The molecule has 4 nitrogen and oxygen atoms in total. The molecule has 2 fully saturated rings. The molecule has 2 amide bonds. The number of rotatable bonds is 3. The van der Waals surface area contributed by atoms with Crippen LogP contribution >= 0.6 is 0 Å². The maximum atomic E-state index is 13.2. The Bertz CT molecular complexity index is 528. The second-order valence-corrected chi connectivity index (χ2v) is 5.17. The summed E-state index contributed by atoms with van der Waals surface area (Å²) in [6.45, 7) is 0.334. The molecule has 1 unspecified atom stereocenters. The number of halogens is 1. The van der Waals surface area contributed by atoms with Gasteiger partial charge in [0, 0.05) is 24.7 Å². The molecule has 1 aliphatic heterocycles. The van der Waals surface area contributed by atoms with E-state index in [2.05, 4.69) is 5.32 Å². The summed E-state index contributed by atoms with van der Waals surface area (Å²) < 4.78 is 13.2. The highest BCUT2D eigenvalue weighted by molar-refractivity contribution is 6.00. The van der Waals surface area contributed by atoms with Crippen molar-refractivity contribution in [2.75, 3.05) is 11.4 Å². The molecule has 5 heteroatoms. The lowest BCUT2D eigenvalue weighted by atomic mass is 10.1. The van der Waals surface area contributed by atoms with E-state index >= 15 is 0 Å². The highest BCUT2D eigenvalue weighted by Crippen LogP contribution is 2.27. The first-order valence-corrected chi connectivity index (χ1v) is 6.50. The molecule has 3 rings (SSSR count). The minimum atomic E-state index is -0.379. The summed E-state index contributed by atoms with van der Waals surface area (Å²) in [5.41, 5.74) is 0.520. The number of benzene rings is 1. The van der Waals surface area contributed by atoms with Crippen molar-refractivity contribution in [2.24, 2.45) is 5.92 Å². The van der Waals surface area contributed by atoms with Crippen LogP contribution in [0.5, 0.6) is 0 Å².